The normalized spacial score (nSPS) is 20.7. The molecule has 8 heterocycles. The lowest BCUT2D eigenvalue weighted by Gasteiger charge is -2.56. The van der Waals surface area contributed by atoms with Crippen molar-refractivity contribution >= 4 is 93.2 Å². The van der Waals surface area contributed by atoms with Crippen molar-refractivity contribution in [2.45, 2.75) is 76.3 Å². The third-order valence-corrected chi connectivity index (χ3v) is 19.1. The van der Waals surface area contributed by atoms with Gasteiger partial charge in [0.1, 0.15) is 29.5 Å². The Morgan fingerprint density at radius 1 is 0.779 bits per heavy atom. The Hall–Kier alpha value is -6.95. The molecule has 1 aliphatic carbocycles. The first-order valence-corrected chi connectivity index (χ1v) is 29.8. The molecule has 400 valence electrons. The molecule has 4 amide bonds. The van der Waals surface area contributed by atoms with Gasteiger partial charge in [-0.15, -0.1) is 0 Å². The number of ether oxygens (including phenoxy) is 1. The fourth-order valence-electron chi connectivity index (χ4n) is 13.2. The van der Waals surface area contributed by atoms with Gasteiger partial charge in [-0.25, -0.2) is 4.98 Å². The Balaban J connectivity index is 0.655. The molecule has 3 aromatic heterocycles. The fraction of sp³-hybridized carbons (Fsp3) is 0.446. The molecule has 3 N–H and O–H groups in total. The second-order valence-electron chi connectivity index (χ2n) is 22.3. The number of imide groups is 2. The lowest BCUT2D eigenvalue weighted by Crippen LogP contribution is -2.56. The van der Waals surface area contributed by atoms with Gasteiger partial charge in [0, 0.05) is 92.8 Å². The largest absolute Gasteiger partial charge is 0.494 e. The second-order valence-corrected chi connectivity index (χ2v) is 25.8. The Morgan fingerprint density at radius 3 is 2.21 bits per heavy atom. The molecule has 3 aromatic carbocycles. The van der Waals surface area contributed by atoms with Crippen LogP contribution in [0.5, 0.6) is 5.75 Å². The molecule has 0 radical (unpaired) electrons. The maximum Gasteiger partial charge on any atom is 0.262 e. The molecule has 12 rings (SSSR count). The summed E-state index contributed by atoms with van der Waals surface area (Å²) >= 11 is 6.70. The average molecular weight is 1080 g/mol. The molecule has 5 fully saturated rings. The number of amides is 4. The van der Waals surface area contributed by atoms with Crippen LogP contribution in [0, 0.1) is 17.3 Å². The molecule has 19 nitrogen and oxygen atoms in total. The molecule has 6 aliphatic rings. The number of hydrogen-bond donors (Lipinski definition) is 3. The predicted molar refractivity (Wildman–Crippen MR) is 297 cm³/mol. The smallest absolute Gasteiger partial charge is 0.262 e. The Bertz CT molecular complexity index is 3390. The van der Waals surface area contributed by atoms with Crippen LogP contribution in [-0.2, 0) is 21.2 Å². The highest BCUT2D eigenvalue weighted by Gasteiger charge is 2.49. The predicted octanol–water partition coefficient (Wildman–Crippen LogP) is 8.00. The van der Waals surface area contributed by atoms with Gasteiger partial charge in [0.05, 0.1) is 52.8 Å². The standard InChI is InChI=1S/C56H63ClN13O6P/c1-66-32-35(30-61-66)39-26-44(63-55-60-31-41(57)51(65-55)62-43-8-7-42-49(59-18-17-58-42)50(43)77(3,4)75)47(76-2)27-46(39)69-21-13-34(14-22-69)33-11-19-67(20-12-33)37-28-56(29-37)15-23-68(24-16-56)36-5-6-38-40(25-36)54(74)70(53(38)73)45-9-10-48(71)64-52(45)72/h5-8,17-18,25-27,30-34,37,45H,9-16,19-24,28-29H2,1-4H3,(H,64,71,72)(H2,60,62,63,65). The van der Waals surface area contributed by atoms with Crippen LogP contribution in [0.25, 0.3) is 22.2 Å². The average Bonchev–Trinajstić information content (AvgIpc) is 4.10. The SMILES string of the molecule is COc1cc(N2CCC(C3CCN(C4CC5(CCN(c6ccc7c(c6)C(=O)N(C6CCC(=O)NC6=O)C7=O)CC5)C4)CC3)CC2)c(-c2cnn(C)c2)cc1Nc1ncc(Cl)c(Nc2ccc3nccnc3c2P(C)(C)=O)n1. The number of likely N-dealkylation sites (tertiary alicyclic amines) is 1. The van der Waals surface area contributed by atoms with E-state index < -0.39 is 30.9 Å². The first-order chi connectivity index (χ1) is 37.1. The van der Waals surface area contributed by atoms with E-state index in [0.29, 0.717) is 79.6 Å². The van der Waals surface area contributed by atoms with Crippen LogP contribution in [0.15, 0.2) is 73.4 Å². The number of halogens is 1. The summed E-state index contributed by atoms with van der Waals surface area (Å²) in [6.45, 7) is 9.40. The third-order valence-electron chi connectivity index (χ3n) is 17.3. The van der Waals surface area contributed by atoms with Crippen LogP contribution in [0.3, 0.4) is 0 Å². The van der Waals surface area contributed by atoms with Crippen molar-refractivity contribution in [2.24, 2.45) is 24.3 Å². The maximum absolute atomic E-state index is 13.6. The molecule has 5 aliphatic heterocycles. The number of methoxy groups -OCH3 is 1. The van der Waals surface area contributed by atoms with Crippen molar-refractivity contribution in [1.82, 2.24) is 44.8 Å². The summed E-state index contributed by atoms with van der Waals surface area (Å²) in [7, 11) is 0.755. The number of fused-ring (bicyclic) bond motifs is 2. The summed E-state index contributed by atoms with van der Waals surface area (Å²) < 4.78 is 21.5. The van der Waals surface area contributed by atoms with Crippen molar-refractivity contribution < 1.29 is 28.5 Å². The van der Waals surface area contributed by atoms with Gasteiger partial charge < -0.3 is 34.6 Å². The monoisotopic (exact) mass is 1080 g/mol. The number of rotatable bonds is 12. The zero-order valence-corrected chi connectivity index (χ0v) is 45.4. The van der Waals surface area contributed by atoms with E-state index in [1.165, 1.54) is 31.9 Å². The summed E-state index contributed by atoms with van der Waals surface area (Å²) in [5, 5.41) is 14.4. The van der Waals surface area contributed by atoms with Gasteiger partial charge in [-0.05, 0) is 138 Å². The van der Waals surface area contributed by atoms with Crippen LogP contribution >= 0.6 is 18.7 Å². The fourth-order valence-corrected chi connectivity index (χ4v) is 14.7. The number of aromatic nitrogens is 6. The highest BCUT2D eigenvalue weighted by atomic mass is 35.5. The first kappa shape index (κ1) is 50.8. The van der Waals surface area contributed by atoms with Crippen LogP contribution in [0.2, 0.25) is 5.02 Å². The molecule has 77 heavy (non-hydrogen) atoms. The minimum absolute atomic E-state index is 0.0976. The molecule has 6 aromatic rings. The Kier molecular flexibility index (Phi) is 13.3. The Labute approximate surface area is 451 Å². The number of benzene rings is 3. The van der Waals surface area contributed by atoms with Gasteiger partial charge >= 0.3 is 0 Å². The molecule has 1 unspecified atom stereocenters. The summed E-state index contributed by atoms with van der Waals surface area (Å²) in [6, 6.07) is 13.0. The lowest BCUT2D eigenvalue weighted by atomic mass is 9.59. The molecule has 0 bridgehead atoms. The summed E-state index contributed by atoms with van der Waals surface area (Å²) in [6.07, 6.45) is 18.3. The number of carbonyl (C=O) groups excluding carboxylic acids is 4. The van der Waals surface area contributed by atoms with E-state index in [1.807, 2.05) is 48.4 Å². The number of piperidine rings is 4. The maximum atomic E-state index is 13.6. The van der Waals surface area contributed by atoms with Crippen LogP contribution in [0.1, 0.15) is 84.9 Å². The quantitative estimate of drug-likeness (QED) is 0.0782. The van der Waals surface area contributed by atoms with Gasteiger partial charge in [0.2, 0.25) is 17.8 Å². The van der Waals surface area contributed by atoms with Crippen LogP contribution < -0.4 is 35.8 Å². The van der Waals surface area contributed by atoms with E-state index in [2.05, 4.69) is 62.8 Å². The summed E-state index contributed by atoms with van der Waals surface area (Å²) in [5.41, 5.74) is 7.48. The molecule has 1 atom stereocenters. The number of nitrogens with one attached hydrogen (secondary N) is 3. The van der Waals surface area contributed by atoms with Gasteiger partial charge in [-0.1, -0.05) is 11.6 Å². The van der Waals surface area contributed by atoms with E-state index in [-0.39, 0.29) is 23.8 Å². The minimum Gasteiger partial charge on any atom is -0.494 e. The molecular weight excluding hydrogens is 1020 g/mol. The zero-order valence-electron chi connectivity index (χ0n) is 43.8. The van der Waals surface area contributed by atoms with E-state index in [4.69, 9.17) is 21.3 Å². The van der Waals surface area contributed by atoms with Gasteiger partial charge in [0.25, 0.3) is 11.8 Å². The number of carbonyl (C=O) groups is 4. The molecule has 4 saturated heterocycles. The van der Waals surface area contributed by atoms with Gasteiger partial charge in [0.15, 0.2) is 5.82 Å². The van der Waals surface area contributed by atoms with Crippen molar-refractivity contribution in [3.63, 3.8) is 0 Å². The van der Waals surface area contributed by atoms with Crippen molar-refractivity contribution in [3.8, 4) is 16.9 Å². The Morgan fingerprint density at radius 2 is 1.51 bits per heavy atom. The van der Waals surface area contributed by atoms with E-state index in [9.17, 15) is 23.7 Å². The number of nitrogens with zero attached hydrogens (tertiary/aromatic N) is 10. The molecular formula is C56H63ClN13O6P. The van der Waals surface area contributed by atoms with Gasteiger partial charge in [-0.3, -0.25) is 44.0 Å². The van der Waals surface area contributed by atoms with E-state index in [1.54, 1.807) is 38.9 Å². The van der Waals surface area contributed by atoms with Crippen molar-refractivity contribution in [1.29, 1.82) is 0 Å². The molecule has 1 saturated carbocycles. The van der Waals surface area contributed by atoms with Gasteiger partial charge in [-0.2, -0.15) is 10.1 Å². The van der Waals surface area contributed by atoms with Crippen LogP contribution in [0.4, 0.5) is 34.5 Å². The topological polar surface area (TPSA) is 213 Å². The number of hydrogen-bond acceptors (Lipinski definition) is 16. The van der Waals surface area contributed by atoms with E-state index in [0.717, 1.165) is 92.4 Å². The number of anilines is 6. The third kappa shape index (κ3) is 9.68. The highest BCUT2D eigenvalue weighted by molar-refractivity contribution is 7.71. The second kappa shape index (κ2) is 20.1. The van der Waals surface area contributed by atoms with E-state index >= 15 is 0 Å². The van der Waals surface area contributed by atoms with Crippen molar-refractivity contribution in [2.75, 3.05) is 80.1 Å². The first-order valence-electron chi connectivity index (χ1n) is 26.8. The lowest BCUT2D eigenvalue weighted by molar-refractivity contribution is -0.136. The summed E-state index contributed by atoms with van der Waals surface area (Å²) in [5.74, 6) is 0.741. The number of aryl methyl sites for hydroxylation is 1. The zero-order chi connectivity index (χ0) is 53.3. The molecule has 21 heteroatoms. The van der Waals surface area contributed by atoms with Crippen LogP contribution in [-0.4, -0.2) is 135 Å². The minimum atomic E-state index is -2.84. The highest BCUT2D eigenvalue weighted by Crippen LogP contribution is 2.53. The summed E-state index contributed by atoms with van der Waals surface area (Å²) in [4.78, 5) is 78.0. The molecule has 1 spiro atoms. The van der Waals surface area contributed by atoms with Crippen molar-refractivity contribution in [3.05, 3.63) is 89.6 Å².